The number of hydrogen-bond donors (Lipinski definition) is 3. The molecular weight excluding hydrogens is 414 g/mol. The molecule has 0 aliphatic carbocycles. The SMILES string of the molecule is CN(C)CCN(Cc1ccc(C(=O)Nc2ccccc2N)cc1)C(=O)NCc1ccccc1. The first-order valence-corrected chi connectivity index (χ1v) is 10.9. The molecule has 4 N–H and O–H groups in total. The number of rotatable bonds is 9. The van der Waals surface area contributed by atoms with Gasteiger partial charge in [0.2, 0.25) is 0 Å². The summed E-state index contributed by atoms with van der Waals surface area (Å²) in [6.45, 7) is 2.25. The van der Waals surface area contributed by atoms with Gasteiger partial charge in [-0.3, -0.25) is 4.79 Å². The van der Waals surface area contributed by atoms with Gasteiger partial charge in [0.1, 0.15) is 0 Å². The first kappa shape index (κ1) is 23.8. The van der Waals surface area contributed by atoms with Crippen LogP contribution >= 0.6 is 0 Å². The fourth-order valence-corrected chi connectivity index (χ4v) is 3.25. The van der Waals surface area contributed by atoms with E-state index in [0.29, 0.717) is 36.6 Å². The number of amides is 3. The highest BCUT2D eigenvalue weighted by Crippen LogP contribution is 2.18. The standard InChI is InChI=1S/C26H31N5O2/c1-30(2)16-17-31(26(33)28-18-20-8-4-3-5-9-20)19-21-12-14-22(15-13-21)25(32)29-24-11-7-6-10-23(24)27/h3-15H,16-19,27H2,1-2H3,(H,28,33)(H,29,32). The summed E-state index contributed by atoms with van der Waals surface area (Å²) in [4.78, 5) is 29.2. The Labute approximate surface area is 195 Å². The van der Waals surface area contributed by atoms with E-state index in [1.807, 2.05) is 73.6 Å². The second-order valence-electron chi connectivity index (χ2n) is 8.11. The second kappa shape index (κ2) is 11.7. The molecule has 0 heterocycles. The molecule has 0 saturated heterocycles. The lowest BCUT2D eigenvalue weighted by atomic mass is 10.1. The third-order valence-corrected chi connectivity index (χ3v) is 5.19. The van der Waals surface area contributed by atoms with Crippen molar-refractivity contribution in [1.29, 1.82) is 0 Å². The molecular formula is C26H31N5O2. The van der Waals surface area contributed by atoms with E-state index in [2.05, 4.69) is 10.6 Å². The molecule has 0 atom stereocenters. The van der Waals surface area contributed by atoms with Crippen LogP contribution in [-0.2, 0) is 13.1 Å². The topological polar surface area (TPSA) is 90.7 Å². The van der Waals surface area contributed by atoms with Crippen molar-refractivity contribution in [2.24, 2.45) is 0 Å². The Kier molecular flexibility index (Phi) is 8.43. The van der Waals surface area contributed by atoms with Gasteiger partial charge < -0.3 is 26.2 Å². The highest BCUT2D eigenvalue weighted by atomic mass is 16.2. The molecule has 172 valence electrons. The van der Waals surface area contributed by atoms with Crippen molar-refractivity contribution in [3.63, 3.8) is 0 Å². The van der Waals surface area contributed by atoms with E-state index < -0.39 is 0 Å². The van der Waals surface area contributed by atoms with Crippen LogP contribution in [0.15, 0.2) is 78.9 Å². The van der Waals surface area contributed by atoms with Crippen LogP contribution in [0.25, 0.3) is 0 Å². The number of likely N-dealkylation sites (N-methyl/N-ethyl adjacent to an activating group) is 1. The van der Waals surface area contributed by atoms with Gasteiger partial charge in [0.15, 0.2) is 0 Å². The zero-order valence-electron chi connectivity index (χ0n) is 19.1. The Morgan fingerprint density at radius 3 is 2.15 bits per heavy atom. The Hall–Kier alpha value is -3.84. The van der Waals surface area contributed by atoms with Gasteiger partial charge in [-0.1, -0.05) is 54.6 Å². The van der Waals surface area contributed by atoms with Gasteiger partial charge in [0, 0.05) is 31.7 Å². The van der Waals surface area contributed by atoms with E-state index in [4.69, 9.17) is 5.73 Å². The minimum atomic E-state index is -0.232. The predicted molar refractivity (Wildman–Crippen MR) is 133 cm³/mol. The highest BCUT2D eigenvalue weighted by molar-refractivity contribution is 6.05. The van der Waals surface area contributed by atoms with E-state index in [1.165, 1.54) is 0 Å². The fourth-order valence-electron chi connectivity index (χ4n) is 3.25. The average Bonchev–Trinajstić information content (AvgIpc) is 2.82. The van der Waals surface area contributed by atoms with Crippen LogP contribution in [0.3, 0.4) is 0 Å². The van der Waals surface area contributed by atoms with Crippen LogP contribution in [0.2, 0.25) is 0 Å². The maximum absolute atomic E-state index is 12.9. The Balaban J connectivity index is 1.63. The fraction of sp³-hybridized carbons (Fsp3) is 0.231. The highest BCUT2D eigenvalue weighted by Gasteiger charge is 2.15. The zero-order chi connectivity index (χ0) is 23.6. The average molecular weight is 446 g/mol. The lowest BCUT2D eigenvalue weighted by molar-refractivity contribution is 0.102. The molecule has 33 heavy (non-hydrogen) atoms. The van der Waals surface area contributed by atoms with E-state index in [0.717, 1.165) is 17.7 Å². The number of carbonyl (C=O) groups is 2. The quantitative estimate of drug-likeness (QED) is 0.437. The molecule has 7 heteroatoms. The first-order valence-electron chi connectivity index (χ1n) is 10.9. The number of carbonyl (C=O) groups excluding carboxylic acids is 2. The summed E-state index contributed by atoms with van der Waals surface area (Å²) in [7, 11) is 3.96. The summed E-state index contributed by atoms with van der Waals surface area (Å²) in [6.07, 6.45) is 0. The second-order valence-corrected chi connectivity index (χ2v) is 8.11. The summed E-state index contributed by atoms with van der Waals surface area (Å²) < 4.78 is 0. The lowest BCUT2D eigenvalue weighted by Gasteiger charge is -2.25. The van der Waals surface area contributed by atoms with Crippen molar-refractivity contribution in [1.82, 2.24) is 15.1 Å². The number of urea groups is 1. The molecule has 0 spiro atoms. The van der Waals surface area contributed by atoms with Crippen molar-refractivity contribution in [3.05, 3.63) is 95.6 Å². The maximum Gasteiger partial charge on any atom is 0.318 e. The zero-order valence-corrected chi connectivity index (χ0v) is 19.1. The van der Waals surface area contributed by atoms with E-state index in [9.17, 15) is 9.59 Å². The number of hydrogen-bond acceptors (Lipinski definition) is 4. The predicted octanol–water partition coefficient (Wildman–Crippen LogP) is 3.79. The monoisotopic (exact) mass is 445 g/mol. The van der Waals surface area contributed by atoms with Gasteiger partial charge in [-0.15, -0.1) is 0 Å². The number of nitrogens with zero attached hydrogens (tertiary/aromatic N) is 2. The number of nitrogen functional groups attached to an aromatic ring is 1. The van der Waals surface area contributed by atoms with Crippen molar-refractivity contribution in [3.8, 4) is 0 Å². The number of nitrogens with two attached hydrogens (primary N) is 1. The van der Waals surface area contributed by atoms with Crippen LogP contribution in [-0.4, -0.2) is 48.9 Å². The van der Waals surface area contributed by atoms with Gasteiger partial charge >= 0.3 is 6.03 Å². The molecule has 3 aromatic rings. The Bertz CT molecular complexity index is 1050. The molecule has 0 radical (unpaired) electrons. The van der Waals surface area contributed by atoms with Gasteiger partial charge in [-0.2, -0.15) is 0 Å². The molecule has 0 aliphatic rings. The van der Waals surface area contributed by atoms with Gasteiger partial charge in [-0.05, 0) is 49.5 Å². The van der Waals surface area contributed by atoms with Crippen LogP contribution in [0.4, 0.5) is 16.2 Å². The van der Waals surface area contributed by atoms with Crippen molar-refractivity contribution >= 4 is 23.3 Å². The Morgan fingerprint density at radius 2 is 1.48 bits per heavy atom. The van der Waals surface area contributed by atoms with E-state index in [-0.39, 0.29) is 11.9 Å². The largest absolute Gasteiger partial charge is 0.397 e. The maximum atomic E-state index is 12.9. The van der Waals surface area contributed by atoms with E-state index in [1.54, 1.807) is 29.2 Å². The number of anilines is 2. The normalized spacial score (nSPS) is 10.6. The molecule has 0 unspecified atom stereocenters. The van der Waals surface area contributed by atoms with Gasteiger partial charge in [0.05, 0.1) is 11.4 Å². The molecule has 0 aromatic heterocycles. The third-order valence-electron chi connectivity index (χ3n) is 5.19. The minimum absolute atomic E-state index is 0.123. The summed E-state index contributed by atoms with van der Waals surface area (Å²) in [5.41, 5.74) is 9.51. The molecule has 0 aliphatic heterocycles. The van der Waals surface area contributed by atoms with Crippen molar-refractivity contribution in [2.45, 2.75) is 13.1 Å². The number of para-hydroxylation sites is 2. The van der Waals surface area contributed by atoms with Crippen molar-refractivity contribution in [2.75, 3.05) is 38.2 Å². The van der Waals surface area contributed by atoms with Crippen LogP contribution in [0.5, 0.6) is 0 Å². The molecule has 0 fully saturated rings. The van der Waals surface area contributed by atoms with Gasteiger partial charge in [-0.25, -0.2) is 4.79 Å². The molecule has 3 rings (SSSR count). The smallest absolute Gasteiger partial charge is 0.318 e. The van der Waals surface area contributed by atoms with Crippen LogP contribution in [0, 0.1) is 0 Å². The first-order chi connectivity index (χ1) is 15.9. The van der Waals surface area contributed by atoms with Crippen LogP contribution < -0.4 is 16.4 Å². The van der Waals surface area contributed by atoms with Gasteiger partial charge in [0.25, 0.3) is 5.91 Å². The molecule has 0 bridgehead atoms. The molecule has 3 aromatic carbocycles. The summed E-state index contributed by atoms with van der Waals surface area (Å²) >= 11 is 0. The molecule has 7 nitrogen and oxygen atoms in total. The summed E-state index contributed by atoms with van der Waals surface area (Å²) in [5.74, 6) is -0.232. The number of nitrogens with one attached hydrogen (secondary N) is 2. The lowest BCUT2D eigenvalue weighted by Crippen LogP contribution is -2.42. The van der Waals surface area contributed by atoms with Crippen molar-refractivity contribution < 1.29 is 9.59 Å². The summed E-state index contributed by atoms with van der Waals surface area (Å²) in [5, 5.41) is 5.82. The third kappa shape index (κ3) is 7.36. The minimum Gasteiger partial charge on any atom is -0.397 e. The number of benzene rings is 3. The Morgan fingerprint density at radius 1 is 0.818 bits per heavy atom. The van der Waals surface area contributed by atoms with E-state index >= 15 is 0 Å². The molecule has 0 saturated carbocycles. The summed E-state index contributed by atoms with van der Waals surface area (Å²) in [6, 6.07) is 24.1. The molecule has 3 amide bonds. The van der Waals surface area contributed by atoms with Crippen LogP contribution in [0.1, 0.15) is 21.5 Å².